The molecule has 0 aliphatic carbocycles. The zero-order chi connectivity index (χ0) is 13.1. The maximum absolute atomic E-state index is 3.55. The number of nitrogens with one attached hydrogen (secondary N) is 1. The number of hydrogen-bond donors (Lipinski definition) is 1. The molecule has 0 saturated heterocycles. The highest BCUT2D eigenvalue weighted by molar-refractivity contribution is 6.03. The molecule has 0 heterocycles. The van der Waals surface area contributed by atoms with Crippen molar-refractivity contribution < 1.29 is 0 Å². The van der Waals surface area contributed by atoms with Crippen molar-refractivity contribution in [2.45, 2.75) is 19.8 Å². The molecule has 3 rings (SSSR count). The van der Waals surface area contributed by atoms with Crippen LogP contribution in [0.15, 0.2) is 54.6 Å². The zero-order valence-electron chi connectivity index (χ0n) is 11.3. The van der Waals surface area contributed by atoms with Crippen LogP contribution in [0.25, 0.3) is 21.5 Å². The molecule has 1 N–H and O–H groups in total. The minimum Gasteiger partial charge on any atom is -0.385 e. The van der Waals surface area contributed by atoms with Crippen molar-refractivity contribution >= 4 is 27.2 Å². The third-order valence-electron chi connectivity index (χ3n) is 3.59. The Kier molecular flexibility index (Phi) is 3.37. The Balaban J connectivity index is 2.09. The summed E-state index contributed by atoms with van der Waals surface area (Å²) in [6.07, 6.45) is 2.44. The van der Waals surface area contributed by atoms with Crippen LogP contribution in [0.4, 0.5) is 5.69 Å². The van der Waals surface area contributed by atoms with Crippen LogP contribution in [-0.2, 0) is 0 Å². The molecule has 3 aromatic carbocycles. The van der Waals surface area contributed by atoms with Crippen molar-refractivity contribution in [3.8, 4) is 0 Å². The Morgan fingerprint density at radius 2 is 1.58 bits per heavy atom. The van der Waals surface area contributed by atoms with Gasteiger partial charge in [-0.25, -0.2) is 0 Å². The Morgan fingerprint density at radius 1 is 0.842 bits per heavy atom. The normalized spacial score (nSPS) is 11.0. The van der Waals surface area contributed by atoms with Gasteiger partial charge in [0.05, 0.1) is 0 Å². The quantitative estimate of drug-likeness (QED) is 0.494. The van der Waals surface area contributed by atoms with E-state index < -0.39 is 0 Å². The first-order valence-electron chi connectivity index (χ1n) is 7.04. The van der Waals surface area contributed by atoms with Gasteiger partial charge in [0.25, 0.3) is 0 Å². The molecule has 0 atom stereocenters. The van der Waals surface area contributed by atoms with Gasteiger partial charge >= 0.3 is 0 Å². The van der Waals surface area contributed by atoms with E-state index in [4.69, 9.17) is 0 Å². The molecule has 3 aromatic rings. The SMILES string of the molecule is CCCCNc1cccc2cc3ccccc3cc12. The van der Waals surface area contributed by atoms with Gasteiger partial charge in [-0.05, 0) is 40.8 Å². The second-order valence-corrected chi connectivity index (χ2v) is 5.01. The van der Waals surface area contributed by atoms with Gasteiger partial charge < -0.3 is 5.32 Å². The fourth-order valence-corrected chi connectivity index (χ4v) is 2.52. The van der Waals surface area contributed by atoms with Gasteiger partial charge in [0.15, 0.2) is 0 Å². The summed E-state index contributed by atoms with van der Waals surface area (Å²) in [6.45, 7) is 3.26. The minimum atomic E-state index is 1.04. The van der Waals surface area contributed by atoms with Crippen molar-refractivity contribution in [2.24, 2.45) is 0 Å². The molecule has 0 spiro atoms. The minimum absolute atomic E-state index is 1.04. The van der Waals surface area contributed by atoms with E-state index in [1.807, 2.05) is 0 Å². The largest absolute Gasteiger partial charge is 0.385 e. The van der Waals surface area contributed by atoms with Crippen molar-refractivity contribution in [1.29, 1.82) is 0 Å². The summed E-state index contributed by atoms with van der Waals surface area (Å²) < 4.78 is 0. The maximum atomic E-state index is 3.55. The van der Waals surface area contributed by atoms with Crippen molar-refractivity contribution in [3.05, 3.63) is 54.6 Å². The number of unbranched alkanes of at least 4 members (excludes halogenated alkanes) is 1. The van der Waals surface area contributed by atoms with Crippen LogP contribution in [0.1, 0.15) is 19.8 Å². The third-order valence-corrected chi connectivity index (χ3v) is 3.59. The third kappa shape index (κ3) is 2.41. The fourth-order valence-electron chi connectivity index (χ4n) is 2.52. The molecule has 96 valence electrons. The van der Waals surface area contributed by atoms with Crippen LogP contribution >= 0.6 is 0 Å². The molecular weight excluding hydrogens is 230 g/mol. The van der Waals surface area contributed by atoms with Gasteiger partial charge in [-0.3, -0.25) is 0 Å². The average Bonchev–Trinajstić information content (AvgIpc) is 2.46. The first kappa shape index (κ1) is 12.0. The monoisotopic (exact) mass is 249 g/mol. The highest BCUT2D eigenvalue weighted by Crippen LogP contribution is 2.28. The second kappa shape index (κ2) is 5.31. The van der Waals surface area contributed by atoms with E-state index in [9.17, 15) is 0 Å². The predicted molar refractivity (Wildman–Crippen MR) is 84.9 cm³/mol. The first-order valence-corrected chi connectivity index (χ1v) is 7.04. The lowest BCUT2D eigenvalue weighted by molar-refractivity contribution is 0.835. The van der Waals surface area contributed by atoms with E-state index in [2.05, 4.69) is 66.8 Å². The molecule has 0 aliphatic rings. The van der Waals surface area contributed by atoms with Gasteiger partial charge in [-0.1, -0.05) is 49.7 Å². The zero-order valence-corrected chi connectivity index (χ0v) is 11.3. The second-order valence-electron chi connectivity index (χ2n) is 5.01. The summed E-state index contributed by atoms with van der Waals surface area (Å²) in [5, 5.41) is 8.79. The van der Waals surface area contributed by atoms with Crippen LogP contribution < -0.4 is 5.32 Å². The Labute approximate surface area is 114 Å². The van der Waals surface area contributed by atoms with Crippen LogP contribution in [0.2, 0.25) is 0 Å². The molecule has 0 radical (unpaired) electrons. The number of benzene rings is 3. The molecule has 0 bridgehead atoms. The summed E-state index contributed by atoms with van der Waals surface area (Å²) in [6, 6.07) is 19.6. The lowest BCUT2D eigenvalue weighted by Crippen LogP contribution is -2.01. The lowest BCUT2D eigenvalue weighted by atomic mass is 10.0. The van der Waals surface area contributed by atoms with E-state index in [0.717, 1.165) is 6.54 Å². The van der Waals surface area contributed by atoms with E-state index >= 15 is 0 Å². The summed E-state index contributed by atoms with van der Waals surface area (Å²) in [7, 11) is 0. The van der Waals surface area contributed by atoms with Gasteiger partial charge in [0, 0.05) is 17.6 Å². The number of rotatable bonds is 4. The smallest absolute Gasteiger partial charge is 0.0420 e. The molecule has 1 nitrogen and oxygen atoms in total. The van der Waals surface area contributed by atoms with Crippen molar-refractivity contribution in [2.75, 3.05) is 11.9 Å². The van der Waals surface area contributed by atoms with E-state index in [1.54, 1.807) is 0 Å². The summed E-state index contributed by atoms with van der Waals surface area (Å²) in [5.41, 5.74) is 1.25. The standard InChI is InChI=1S/C18H19N/c1-2-3-11-19-18-10-6-9-16-12-14-7-4-5-8-15(14)13-17(16)18/h4-10,12-13,19H,2-3,11H2,1H3. The Bertz CT molecular complexity index is 700. The highest BCUT2D eigenvalue weighted by atomic mass is 14.9. The number of anilines is 1. The molecular formula is C18H19N. The van der Waals surface area contributed by atoms with E-state index in [0.29, 0.717) is 0 Å². The average molecular weight is 249 g/mol. The molecule has 19 heavy (non-hydrogen) atoms. The van der Waals surface area contributed by atoms with Crippen LogP contribution in [0.5, 0.6) is 0 Å². The Morgan fingerprint density at radius 3 is 2.37 bits per heavy atom. The molecule has 0 aliphatic heterocycles. The van der Waals surface area contributed by atoms with Gasteiger partial charge in [-0.2, -0.15) is 0 Å². The van der Waals surface area contributed by atoms with Crippen molar-refractivity contribution in [3.63, 3.8) is 0 Å². The molecule has 0 saturated carbocycles. The van der Waals surface area contributed by atoms with Crippen LogP contribution in [0.3, 0.4) is 0 Å². The topological polar surface area (TPSA) is 12.0 Å². The molecule has 0 fully saturated rings. The number of hydrogen-bond acceptors (Lipinski definition) is 1. The Hall–Kier alpha value is -2.02. The lowest BCUT2D eigenvalue weighted by Gasteiger charge is -2.10. The van der Waals surface area contributed by atoms with Gasteiger partial charge in [0.2, 0.25) is 0 Å². The fraction of sp³-hybridized carbons (Fsp3) is 0.222. The summed E-state index contributed by atoms with van der Waals surface area (Å²) in [4.78, 5) is 0. The van der Waals surface area contributed by atoms with Crippen LogP contribution in [0, 0.1) is 0 Å². The predicted octanol–water partition coefficient (Wildman–Crippen LogP) is 5.21. The summed E-state index contributed by atoms with van der Waals surface area (Å²) >= 11 is 0. The van der Waals surface area contributed by atoms with E-state index in [-0.39, 0.29) is 0 Å². The first-order chi connectivity index (χ1) is 9.38. The molecule has 0 aromatic heterocycles. The number of fused-ring (bicyclic) bond motifs is 2. The molecule has 1 heteroatoms. The highest BCUT2D eigenvalue weighted by Gasteiger charge is 2.02. The van der Waals surface area contributed by atoms with Crippen LogP contribution in [-0.4, -0.2) is 6.54 Å². The molecule has 0 amide bonds. The van der Waals surface area contributed by atoms with Crippen molar-refractivity contribution in [1.82, 2.24) is 0 Å². The van der Waals surface area contributed by atoms with Gasteiger partial charge in [0.1, 0.15) is 0 Å². The molecule has 0 unspecified atom stereocenters. The van der Waals surface area contributed by atoms with Gasteiger partial charge in [-0.15, -0.1) is 0 Å². The maximum Gasteiger partial charge on any atom is 0.0420 e. The van der Waals surface area contributed by atoms with E-state index in [1.165, 1.54) is 40.1 Å². The summed E-state index contributed by atoms with van der Waals surface area (Å²) in [5.74, 6) is 0.